The Morgan fingerprint density at radius 3 is 2.44 bits per heavy atom. The number of aromatic nitrogens is 4. The van der Waals surface area contributed by atoms with Crippen molar-refractivity contribution in [2.75, 3.05) is 39.3 Å². The second-order valence-electron chi connectivity index (χ2n) is 12.3. The Hall–Kier alpha value is -3.96. The summed E-state index contributed by atoms with van der Waals surface area (Å²) in [6, 6.07) is 8.54. The molecule has 0 radical (unpaired) electrons. The Morgan fingerprint density at radius 1 is 1.02 bits per heavy atom. The van der Waals surface area contributed by atoms with E-state index in [1.807, 2.05) is 54.7 Å². The highest BCUT2D eigenvalue weighted by Gasteiger charge is 2.27. The van der Waals surface area contributed by atoms with Gasteiger partial charge in [0, 0.05) is 55.6 Å². The minimum atomic E-state index is -0.617. The van der Waals surface area contributed by atoms with Gasteiger partial charge < -0.3 is 15.0 Å². The van der Waals surface area contributed by atoms with Gasteiger partial charge in [-0.2, -0.15) is 5.10 Å². The van der Waals surface area contributed by atoms with E-state index in [1.165, 1.54) is 12.1 Å². The molecule has 2 aromatic heterocycles. The molecule has 43 heavy (non-hydrogen) atoms. The molecule has 2 fully saturated rings. The molecule has 9 nitrogen and oxygen atoms in total. The van der Waals surface area contributed by atoms with Crippen LogP contribution in [0.25, 0.3) is 33.4 Å². The van der Waals surface area contributed by atoms with Crippen LogP contribution in [0.5, 0.6) is 0 Å². The Morgan fingerprint density at radius 2 is 1.74 bits per heavy atom. The number of nitrogens with one attached hydrogen (secondary N) is 1. The number of piperidine rings is 1. The van der Waals surface area contributed by atoms with Gasteiger partial charge in [-0.1, -0.05) is 12.1 Å². The molecule has 1 N–H and O–H groups in total. The summed E-state index contributed by atoms with van der Waals surface area (Å²) >= 11 is 0. The first-order valence-electron chi connectivity index (χ1n) is 14.8. The molecule has 0 spiro atoms. The molecule has 226 valence electrons. The highest BCUT2D eigenvalue weighted by molar-refractivity contribution is 5.92. The van der Waals surface area contributed by atoms with E-state index in [2.05, 4.69) is 15.4 Å². The van der Waals surface area contributed by atoms with E-state index in [1.54, 1.807) is 17.3 Å². The third kappa shape index (κ3) is 6.52. The van der Waals surface area contributed by atoms with Crippen LogP contribution in [0.3, 0.4) is 0 Å². The standard InChI is InChI=1S/C32H37F2N7O2/c1-32(2,3)43-31(42)40-13-11-39(12-14-40)20-25-26(33)15-21(16-27(25)34)24-5-4-6-28-30(24)38-29(18-36-28)22-17-37-41(19-22)23-7-9-35-10-8-23/h4-6,15-19,23,35H,7-14,20H2,1-3H3. The molecule has 0 atom stereocenters. The van der Waals surface area contributed by atoms with E-state index in [4.69, 9.17) is 9.72 Å². The van der Waals surface area contributed by atoms with Gasteiger partial charge in [-0.15, -0.1) is 0 Å². The van der Waals surface area contributed by atoms with Crippen LogP contribution in [0.1, 0.15) is 45.2 Å². The number of nitrogens with zero attached hydrogens (tertiary/aromatic N) is 6. The quantitative estimate of drug-likeness (QED) is 0.333. The van der Waals surface area contributed by atoms with E-state index >= 15 is 8.78 Å². The van der Waals surface area contributed by atoms with Crippen LogP contribution in [0, 0.1) is 11.6 Å². The first kappa shape index (κ1) is 29.1. The number of hydrogen-bond donors (Lipinski definition) is 1. The maximum atomic E-state index is 15.5. The van der Waals surface area contributed by atoms with Gasteiger partial charge in [0.15, 0.2) is 0 Å². The molecule has 1 amide bonds. The van der Waals surface area contributed by atoms with Crippen molar-refractivity contribution in [1.29, 1.82) is 0 Å². The maximum absolute atomic E-state index is 15.5. The van der Waals surface area contributed by atoms with Gasteiger partial charge in [-0.3, -0.25) is 14.6 Å². The first-order chi connectivity index (χ1) is 20.6. The number of rotatable bonds is 5. The van der Waals surface area contributed by atoms with Gasteiger partial charge in [0.25, 0.3) is 0 Å². The lowest BCUT2D eigenvalue weighted by Crippen LogP contribution is -2.49. The van der Waals surface area contributed by atoms with Gasteiger partial charge in [-0.25, -0.2) is 18.6 Å². The van der Waals surface area contributed by atoms with Crippen molar-refractivity contribution in [3.05, 3.63) is 66.1 Å². The van der Waals surface area contributed by atoms with Crippen molar-refractivity contribution in [3.63, 3.8) is 0 Å². The number of carbonyl (C=O) groups excluding carboxylic acids is 1. The summed E-state index contributed by atoms with van der Waals surface area (Å²) in [6.07, 6.45) is 7.17. The Bertz CT molecular complexity index is 1600. The van der Waals surface area contributed by atoms with Crippen molar-refractivity contribution in [2.24, 2.45) is 0 Å². The number of amides is 1. The van der Waals surface area contributed by atoms with Gasteiger partial charge in [0.1, 0.15) is 17.2 Å². The van der Waals surface area contributed by atoms with Crippen molar-refractivity contribution in [2.45, 2.75) is 51.8 Å². The molecule has 0 saturated carbocycles. The molecular formula is C32H37F2N7O2. The molecule has 0 bridgehead atoms. The number of piperazine rings is 1. The maximum Gasteiger partial charge on any atom is 0.410 e. The third-order valence-electron chi connectivity index (χ3n) is 8.01. The smallest absolute Gasteiger partial charge is 0.410 e. The summed E-state index contributed by atoms with van der Waals surface area (Å²) in [7, 11) is 0. The predicted octanol–water partition coefficient (Wildman–Crippen LogP) is 5.42. The van der Waals surface area contributed by atoms with Crippen LogP contribution >= 0.6 is 0 Å². The van der Waals surface area contributed by atoms with Crippen LogP contribution in [0.15, 0.2) is 48.9 Å². The lowest BCUT2D eigenvalue weighted by molar-refractivity contribution is 0.0137. The molecular weight excluding hydrogens is 552 g/mol. The van der Waals surface area contributed by atoms with Gasteiger partial charge >= 0.3 is 6.09 Å². The minimum absolute atomic E-state index is 0.00630. The normalized spacial score (nSPS) is 17.0. The van der Waals surface area contributed by atoms with Crippen molar-refractivity contribution in [1.82, 2.24) is 34.9 Å². The molecule has 11 heteroatoms. The molecule has 4 aromatic rings. The number of halogens is 2. The average Bonchev–Trinajstić information content (AvgIpc) is 3.49. The summed E-state index contributed by atoms with van der Waals surface area (Å²) < 4.78 is 38.4. The topological polar surface area (TPSA) is 88.4 Å². The van der Waals surface area contributed by atoms with Crippen LogP contribution < -0.4 is 5.32 Å². The van der Waals surface area contributed by atoms with Crippen LogP contribution in [-0.4, -0.2) is 80.5 Å². The molecule has 6 rings (SSSR count). The Balaban J connectivity index is 1.20. The fourth-order valence-corrected chi connectivity index (χ4v) is 5.69. The lowest BCUT2D eigenvalue weighted by atomic mass is 10.0. The van der Waals surface area contributed by atoms with E-state index in [0.29, 0.717) is 60.1 Å². The summed E-state index contributed by atoms with van der Waals surface area (Å²) in [4.78, 5) is 25.4. The molecule has 0 aliphatic carbocycles. The highest BCUT2D eigenvalue weighted by Crippen LogP contribution is 2.32. The van der Waals surface area contributed by atoms with E-state index in [-0.39, 0.29) is 18.2 Å². The minimum Gasteiger partial charge on any atom is -0.444 e. The van der Waals surface area contributed by atoms with Gasteiger partial charge in [0.2, 0.25) is 0 Å². The van der Waals surface area contributed by atoms with Crippen LogP contribution in [-0.2, 0) is 11.3 Å². The molecule has 2 aliphatic rings. The summed E-state index contributed by atoms with van der Waals surface area (Å²) in [5.41, 5.74) is 3.15. The summed E-state index contributed by atoms with van der Waals surface area (Å²) in [5.74, 6) is -1.23. The number of hydrogen-bond acceptors (Lipinski definition) is 7. The lowest BCUT2D eigenvalue weighted by Gasteiger charge is -2.35. The molecule has 0 unspecified atom stereocenters. The van der Waals surface area contributed by atoms with Crippen molar-refractivity contribution < 1.29 is 18.3 Å². The second kappa shape index (κ2) is 12.0. The second-order valence-corrected chi connectivity index (χ2v) is 12.3. The van der Waals surface area contributed by atoms with E-state index in [0.717, 1.165) is 31.5 Å². The molecule has 2 saturated heterocycles. The number of fused-ring (bicyclic) bond motifs is 1. The average molecular weight is 590 g/mol. The molecule has 2 aliphatic heterocycles. The Labute approximate surface area is 249 Å². The van der Waals surface area contributed by atoms with Crippen LogP contribution in [0.4, 0.5) is 13.6 Å². The number of benzene rings is 2. The zero-order valence-corrected chi connectivity index (χ0v) is 24.8. The van der Waals surface area contributed by atoms with Crippen molar-refractivity contribution >= 4 is 17.1 Å². The number of ether oxygens (including phenoxy) is 1. The first-order valence-corrected chi connectivity index (χ1v) is 14.8. The van der Waals surface area contributed by atoms with Gasteiger partial charge in [0.05, 0.1) is 35.2 Å². The molecule has 4 heterocycles. The zero-order chi connectivity index (χ0) is 30.1. The third-order valence-corrected chi connectivity index (χ3v) is 8.01. The SMILES string of the molecule is CC(C)(C)OC(=O)N1CCN(Cc2c(F)cc(-c3cccc4ncc(-c5cnn(C6CCNCC6)c5)nc34)cc2F)CC1. The highest BCUT2D eigenvalue weighted by atomic mass is 19.1. The van der Waals surface area contributed by atoms with Crippen molar-refractivity contribution in [3.8, 4) is 22.4 Å². The van der Waals surface area contributed by atoms with E-state index in [9.17, 15) is 4.79 Å². The monoisotopic (exact) mass is 589 g/mol. The summed E-state index contributed by atoms with van der Waals surface area (Å²) in [5, 5.41) is 7.95. The van der Waals surface area contributed by atoms with Gasteiger partial charge in [-0.05, 0) is 70.5 Å². The fraction of sp³-hybridized carbons (Fsp3) is 0.438. The van der Waals surface area contributed by atoms with E-state index < -0.39 is 17.2 Å². The molecule has 2 aromatic carbocycles. The number of carbonyl (C=O) groups is 1. The van der Waals surface area contributed by atoms with Crippen LogP contribution in [0.2, 0.25) is 0 Å². The largest absolute Gasteiger partial charge is 0.444 e. The fourth-order valence-electron chi connectivity index (χ4n) is 5.69. The zero-order valence-electron chi connectivity index (χ0n) is 24.8. The Kier molecular flexibility index (Phi) is 8.11. The predicted molar refractivity (Wildman–Crippen MR) is 160 cm³/mol. The summed E-state index contributed by atoms with van der Waals surface area (Å²) in [6.45, 7) is 9.38. The number of para-hydroxylation sites is 1.